The van der Waals surface area contributed by atoms with Gasteiger partial charge in [0.2, 0.25) is 0 Å². The summed E-state index contributed by atoms with van der Waals surface area (Å²) in [6, 6.07) is 0. The van der Waals surface area contributed by atoms with Crippen LogP contribution in [0.5, 0.6) is 0 Å². The first-order valence-electron chi connectivity index (χ1n) is 17.7. The minimum absolute atomic E-state index is 0.0179. The molecule has 0 rings (SSSR count). The minimum atomic E-state index is -5.23. The lowest BCUT2D eigenvalue weighted by Gasteiger charge is -2.28. The molecule has 0 aliphatic heterocycles. The van der Waals surface area contributed by atoms with Gasteiger partial charge in [0, 0.05) is 31.5 Å². The first kappa shape index (κ1) is 65.8. The molecule has 43 heteroatoms. The number of phosphoric acid groups is 8. The Balaban J connectivity index is 4.27. The van der Waals surface area contributed by atoms with Crippen molar-refractivity contribution in [3.05, 3.63) is 0 Å². The van der Waals surface area contributed by atoms with Gasteiger partial charge in [0.1, 0.15) is 0 Å². The van der Waals surface area contributed by atoms with E-state index in [1.807, 2.05) is 0 Å². The van der Waals surface area contributed by atoms with Gasteiger partial charge in [-0.15, -0.1) is 0 Å². The van der Waals surface area contributed by atoms with Crippen LogP contribution in [-0.4, -0.2) is 143 Å². The van der Waals surface area contributed by atoms with Gasteiger partial charge in [-0.25, -0.2) is 0 Å². The molecule has 0 saturated heterocycles. The van der Waals surface area contributed by atoms with Crippen LogP contribution in [-0.2, 0) is 104 Å². The van der Waals surface area contributed by atoms with Crippen LogP contribution in [0.4, 0.5) is 0 Å². The predicted octanol–water partition coefficient (Wildman–Crippen LogP) is -5.36. The number of phosphoric ester groups is 8. The minimum Gasteiger partial charge on any atom is -0.756 e. The summed E-state index contributed by atoms with van der Waals surface area (Å²) >= 11 is 0. The summed E-state index contributed by atoms with van der Waals surface area (Å²) in [5, 5.41) is 14.4. The molecule has 0 fully saturated rings. The molecule has 0 aromatic heterocycles. The SMILES string of the molecule is CNCC(CO)COP(=O)([O-])OCCOP(=O)([O-])OCCOP(=O)([O-])OCCOP(=O)([O-])OCCOP(=O)([O-])OCCOP(=O)([O-])OCCOP(=O)([O-])OCC(CNC)COP(=O)([O-])O. The Kier molecular flexibility index (Phi) is 33.1. The number of nitrogens with one attached hydrogen (secondary N) is 2. The second-order valence-electron chi connectivity index (χ2n) is 11.5. The van der Waals surface area contributed by atoms with Crippen LogP contribution in [0.1, 0.15) is 0 Å². The quantitative estimate of drug-likeness (QED) is 0.0327. The molecule has 0 aromatic carbocycles. The smallest absolute Gasteiger partial charge is 0.268 e. The normalized spacial score (nSPS) is 20.7. The number of aliphatic hydroxyl groups is 1. The maximum Gasteiger partial charge on any atom is 0.268 e. The molecule has 4 N–H and O–H groups in total. The summed E-state index contributed by atoms with van der Waals surface area (Å²) in [7, 11) is -38.1. The van der Waals surface area contributed by atoms with Crippen LogP contribution in [0.15, 0.2) is 0 Å². The molecular formula is C22H48N2O33P8-8. The fourth-order valence-corrected chi connectivity index (χ4v) is 8.85. The van der Waals surface area contributed by atoms with E-state index in [0.717, 1.165) is 0 Å². The number of aliphatic hydroxyl groups excluding tert-OH is 1. The molecule has 0 aromatic rings. The standard InChI is InChI=1S/C22H56N2O33P8/c1-23-15-21(17-25)18-56-64(39,40)53-13-11-51-62(35,36)49-9-7-47-60(31,32)45-5-3-43-59(29,30)44-4-6-46-61(33,34)48-8-10-50-63(37,38)52-12-14-54-65(41,42)57-20-22(16-24-2)19-55-58(26,27)28/h21-25H,3-20H2,1-2H3,(H,29,30)(H,31,32)(H,33,34)(H,35,36)(H,37,38)(H,39,40)(H,41,42)(H2,26,27,28)/p-8. The van der Waals surface area contributed by atoms with Crippen LogP contribution in [0.2, 0.25) is 0 Å². The number of hydrogen-bond donors (Lipinski definition) is 4. The summed E-state index contributed by atoms with van der Waals surface area (Å²) in [5.74, 6) is -1.48. The van der Waals surface area contributed by atoms with Crippen molar-refractivity contribution in [3.8, 4) is 0 Å². The molecule has 0 amide bonds. The van der Waals surface area contributed by atoms with E-state index in [9.17, 15) is 75.7 Å². The van der Waals surface area contributed by atoms with Crippen molar-refractivity contribution < 1.29 is 154 Å². The van der Waals surface area contributed by atoms with Gasteiger partial charge in [0.25, 0.3) is 62.6 Å². The van der Waals surface area contributed by atoms with Crippen molar-refractivity contribution >= 4 is 62.6 Å². The van der Waals surface area contributed by atoms with Crippen molar-refractivity contribution in [1.29, 1.82) is 0 Å². The lowest BCUT2D eigenvalue weighted by molar-refractivity contribution is -0.238. The van der Waals surface area contributed by atoms with Gasteiger partial charge < -0.3 is 128 Å². The third kappa shape index (κ3) is 39.1. The third-order valence-electron chi connectivity index (χ3n) is 6.15. The Morgan fingerprint density at radius 1 is 0.354 bits per heavy atom. The topological polar surface area (TPSA) is 524 Å². The molecule has 0 aliphatic rings. The zero-order valence-corrected chi connectivity index (χ0v) is 41.2. The molecule has 0 spiro atoms. The molecule has 0 heterocycles. The zero-order chi connectivity index (χ0) is 49.9. The summed E-state index contributed by atoms with van der Waals surface area (Å²) in [4.78, 5) is 102. The zero-order valence-electron chi connectivity index (χ0n) is 34.0. The Morgan fingerprint density at radius 3 is 0.738 bits per heavy atom. The molecule has 10 unspecified atom stereocenters. The first-order chi connectivity index (χ1) is 29.9. The molecule has 0 radical (unpaired) electrons. The van der Waals surface area contributed by atoms with Crippen LogP contribution in [0.3, 0.4) is 0 Å². The van der Waals surface area contributed by atoms with E-state index in [1.165, 1.54) is 7.05 Å². The van der Waals surface area contributed by atoms with Crippen molar-refractivity contribution in [2.45, 2.75) is 0 Å². The van der Waals surface area contributed by atoms with Crippen LogP contribution in [0.25, 0.3) is 0 Å². The predicted molar refractivity (Wildman–Crippen MR) is 194 cm³/mol. The molecule has 0 bridgehead atoms. The van der Waals surface area contributed by atoms with Crippen molar-refractivity contribution in [2.75, 3.05) is 133 Å². The summed E-state index contributed by atoms with van der Waals surface area (Å²) in [5.41, 5.74) is 0. The van der Waals surface area contributed by atoms with E-state index in [1.54, 1.807) is 7.05 Å². The highest BCUT2D eigenvalue weighted by Crippen LogP contribution is 2.45. The maximum atomic E-state index is 11.9. The van der Waals surface area contributed by atoms with Crippen LogP contribution >= 0.6 is 62.6 Å². The van der Waals surface area contributed by atoms with Gasteiger partial charge in [-0.3, -0.25) is 36.5 Å². The Labute approximate surface area is 371 Å². The average Bonchev–Trinajstić information content (AvgIpc) is 3.18. The maximum absolute atomic E-state index is 11.9. The van der Waals surface area contributed by atoms with Crippen molar-refractivity contribution in [1.82, 2.24) is 10.6 Å². The fraction of sp³-hybridized carbons (Fsp3) is 1.00. The highest BCUT2D eigenvalue weighted by atomic mass is 31.2. The second-order valence-corrected chi connectivity index (χ2v) is 22.6. The van der Waals surface area contributed by atoms with Crippen LogP contribution < -0.4 is 49.8 Å². The summed E-state index contributed by atoms with van der Waals surface area (Å²) < 4.78 is 158. The van der Waals surface area contributed by atoms with E-state index in [4.69, 9.17) is 10.00 Å². The molecule has 0 aliphatic carbocycles. The third-order valence-corrected chi connectivity index (χ3v) is 13.5. The number of rotatable bonds is 44. The van der Waals surface area contributed by atoms with Gasteiger partial charge in [-0.2, -0.15) is 0 Å². The first-order valence-corrected chi connectivity index (χ1v) is 29.4. The largest absolute Gasteiger partial charge is 0.756 e. The van der Waals surface area contributed by atoms with Crippen molar-refractivity contribution in [3.63, 3.8) is 0 Å². The van der Waals surface area contributed by atoms with Gasteiger partial charge in [-0.1, -0.05) is 0 Å². The van der Waals surface area contributed by atoms with Crippen LogP contribution in [0, 0.1) is 11.8 Å². The Hall–Kier alpha value is 0.760. The summed E-state index contributed by atoms with van der Waals surface area (Å²) in [6.45, 7) is -13.5. The highest BCUT2D eigenvalue weighted by Gasteiger charge is 2.20. The van der Waals surface area contributed by atoms with E-state index < -0.39 is 180 Å². The van der Waals surface area contributed by atoms with Crippen molar-refractivity contribution in [2.24, 2.45) is 11.8 Å². The molecule has 392 valence electrons. The highest BCUT2D eigenvalue weighted by molar-refractivity contribution is 7.47. The fourth-order valence-electron chi connectivity index (χ4n) is 3.56. The Morgan fingerprint density at radius 2 is 0.538 bits per heavy atom. The van der Waals surface area contributed by atoms with E-state index in [-0.39, 0.29) is 13.1 Å². The van der Waals surface area contributed by atoms with E-state index >= 15 is 0 Å². The number of hydrogen-bond acceptors (Lipinski definition) is 34. The molecule has 10 atom stereocenters. The van der Waals surface area contributed by atoms with E-state index in [2.05, 4.69) is 78.5 Å². The Bertz CT molecular complexity index is 1720. The molecule has 0 saturated carbocycles. The lowest BCUT2D eigenvalue weighted by Crippen LogP contribution is -2.28. The molecule has 35 nitrogen and oxygen atoms in total. The lowest BCUT2D eigenvalue weighted by atomic mass is 10.2. The molecular weight excluding hydrogens is 1070 g/mol. The van der Waals surface area contributed by atoms with Gasteiger partial charge >= 0.3 is 0 Å². The van der Waals surface area contributed by atoms with Gasteiger partial charge in [-0.05, 0) is 14.1 Å². The van der Waals surface area contributed by atoms with Gasteiger partial charge in [0.15, 0.2) is 0 Å². The molecule has 65 heavy (non-hydrogen) atoms. The van der Waals surface area contributed by atoms with Gasteiger partial charge in [0.05, 0.1) is 99.1 Å². The monoisotopic (exact) mass is 1120 g/mol. The average molecular weight is 1120 g/mol. The van der Waals surface area contributed by atoms with E-state index in [0.29, 0.717) is 0 Å². The second kappa shape index (κ2) is 32.7. The summed E-state index contributed by atoms with van der Waals surface area (Å²) in [6.07, 6.45) is 0.